The number of thiophene rings is 1. The molecule has 0 atom stereocenters. The lowest BCUT2D eigenvalue weighted by atomic mass is 9.95. The Kier molecular flexibility index (Phi) is 5.58. The first-order chi connectivity index (χ1) is 12.0. The second-order valence-corrected chi connectivity index (χ2v) is 8.32. The number of H-pyrrole nitrogens is 1. The highest BCUT2D eigenvalue weighted by atomic mass is 32.2. The average Bonchev–Trinajstić information content (AvgIpc) is 2.91. The van der Waals surface area contributed by atoms with Crippen molar-refractivity contribution in [2.24, 2.45) is 0 Å². The lowest BCUT2D eigenvalue weighted by Gasteiger charge is -2.22. The Hall–Kier alpha value is -1.67. The van der Waals surface area contributed by atoms with Crippen LogP contribution in [0.1, 0.15) is 54.3 Å². The first-order valence-corrected chi connectivity index (χ1v) is 10.2. The van der Waals surface area contributed by atoms with Crippen molar-refractivity contribution < 1.29 is 9.59 Å². The molecule has 0 radical (unpaired) electrons. The van der Waals surface area contributed by atoms with Crippen molar-refractivity contribution in [2.45, 2.75) is 57.1 Å². The number of fused-ring (bicyclic) bond motifs is 1. The SMILES string of the molecule is CC(=O)c1sc2nc(SCC(=O)NC3CCCCC3)[nH]c(=O)c2c1C. The van der Waals surface area contributed by atoms with Gasteiger partial charge in [-0.15, -0.1) is 11.3 Å². The maximum Gasteiger partial charge on any atom is 0.260 e. The molecular weight excluding hydrogens is 358 g/mol. The molecule has 6 nitrogen and oxygen atoms in total. The van der Waals surface area contributed by atoms with Gasteiger partial charge in [0, 0.05) is 6.04 Å². The van der Waals surface area contributed by atoms with Crippen molar-refractivity contribution in [2.75, 3.05) is 5.75 Å². The van der Waals surface area contributed by atoms with Gasteiger partial charge in [-0.1, -0.05) is 31.0 Å². The number of hydrogen-bond acceptors (Lipinski definition) is 6. The molecule has 25 heavy (non-hydrogen) atoms. The molecule has 2 N–H and O–H groups in total. The summed E-state index contributed by atoms with van der Waals surface area (Å²) in [5.74, 6) is 0.113. The van der Waals surface area contributed by atoms with Crippen LogP contribution in [-0.2, 0) is 4.79 Å². The van der Waals surface area contributed by atoms with E-state index in [0.29, 0.717) is 25.8 Å². The van der Waals surface area contributed by atoms with E-state index < -0.39 is 0 Å². The van der Waals surface area contributed by atoms with Crippen molar-refractivity contribution >= 4 is 45.0 Å². The van der Waals surface area contributed by atoms with E-state index >= 15 is 0 Å². The van der Waals surface area contributed by atoms with E-state index in [2.05, 4.69) is 15.3 Å². The molecule has 0 aromatic carbocycles. The molecule has 1 aliphatic carbocycles. The predicted octanol–water partition coefficient (Wildman–Crippen LogP) is 3.04. The monoisotopic (exact) mass is 379 g/mol. The van der Waals surface area contributed by atoms with Crippen LogP contribution < -0.4 is 10.9 Å². The van der Waals surface area contributed by atoms with E-state index in [4.69, 9.17) is 0 Å². The van der Waals surface area contributed by atoms with Crippen LogP contribution in [0.5, 0.6) is 0 Å². The zero-order valence-corrected chi connectivity index (χ0v) is 15.9. The van der Waals surface area contributed by atoms with Gasteiger partial charge in [-0.05, 0) is 32.3 Å². The summed E-state index contributed by atoms with van der Waals surface area (Å²) >= 11 is 2.44. The Labute approximate surface area is 153 Å². The molecule has 3 rings (SSSR count). The number of carbonyl (C=O) groups is 2. The molecule has 1 amide bonds. The predicted molar refractivity (Wildman–Crippen MR) is 101 cm³/mol. The fourth-order valence-corrected chi connectivity index (χ4v) is 4.99. The maximum absolute atomic E-state index is 12.3. The molecule has 2 aromatic heterocycles. The number of hydrogen-bond donors (Lipinski definition) is 2. The van der Waals surface area contributed by atoms with E-state index in [1.807, 2.05) is 0 Å². The second kappa shape index (κ2) is 7.70. The van der Waals surface area contributed by atoms with Crippen molar-refractivity contribution in [3.05, 3.63) is 20.8 Å². The number of carbonyl (C=O) groups excluding carboxylic acids is 2. The van der Waals surface area contributed by atoms with Gasteiger partial charge in [-0.3, -0.25) is 14.4 Å². The van der Waals surface area contributed by atoms with Gasteiger partial charge in [0.15, 0.2) is 10.9 Å². The zero-order valence-electron chi connectivity index (χ0n) is 14.3. The van der Waals surface area contributed by atoms with Crippen LogP contribution in [0.4, 0.5) is 0 Å². The molecule has 134 valence electrons. The average molecular weight is 380 g/mol. The number of Topliss-reactive ketones (excluding diaryl/α,β-unsaturated/α-hetero) is 1. The molecule has 2 heterocycles. The molecule has 1 saturated carbocycles. The van der Waals surface area contributed by atoms with Crippen molar-refractivity contribution in [1.82, 2.24) is 15.3 Å². The van der Waals surface area contributed by atoms with E-state index in [1.54, 1.807) is 6.92 Å². The lowest BCUT2D eigenvalue weighted by molar-refractivity contribution is -0.119. The minimum absolute atomic E-state index is 0.0357. The summed E-state index contributed by atoms with van der Waals surface area (Å²) in [5.41, 5.74) is 0.411. The number of aromatic nitrogens is 2. The number of ketones is 1. The number of thioether (sulfide) groups is 1. The summed E-state index contributed by atoms with van der Waals surface area (Å²) in [6.07, 6.45) is 5.66. The van der Waals surface area contributed by atoms with E-state index in [-0.39, 0.29) is 29.0 Å². The number of amides is 1. The van der Waals surface area contributed by atoms with Crippen molar-refractivity contribution in [1.29, 1.82) is 0 Å². The first-order valence-electron chi connectivity index (χ1n) is 8.42. The topological polar surface area (TPSA) is 91.9 Å². The Morgan fingerprint density at radius 2 is 2.04 bits per heavy atom. The molecular formula is C17H21N3O3S2. The van der Waals surface area contributed by atoms with Gasteiger partial charge in [0.2, 0.25) is 5.91 Å². The summed E-state index contributed by atoms with van der Waals surface area (Å²) < 4.78 is 0. The number of rotatable bonds is 5. The number of nitrogens with one attached hydrogen (secondary N) is 2. The summed E-state index contributed by atoms with van der Waals surface area (Å²) in [6, 6.07) is 0.273. The quantitative estimate of drug-likeness (QED) is 0.473. The summed E-state index contributed by atoms with van der Waals surface area (Å²) in [7, 11) is 0. The lowest BCUT2D eigenvalue weighted by Crippen LogP contribution is -2.37. The molecule has 1 fully saturated rings. The third-order valence-corrected chi connectivity index (χ3v) is 6.57. The fourth-order valence-electron chi connectivity index (χ4n) is 3.18. The Morgan fingerprint density at radius 1 is 1.32 bits per heavy atom. The molecule has 0 spiro atoms. The minimum Gasteiger partial charge on any atom is -0.353 e. The third-order valence-electron chi connectivity index (χ3n) is 4.41. The molecule has 1 aliphatic rings. The highest BCUT2D eigenvalue weighted by molar-refractivity contribution is 7.99. The molecule has 0 unspecified atom stereocenters. The van der Waals surface area contributed by atoms with Crippen LogP contribution in [0, 0.1) is 6.92 Å². The minimum atomic E-state index is -0.263. The standard InChI is InChI=1S/C17H21N3O3S2/c1-9-13-15(23)19-17(20-16(13)25-14(9)10(2)21)24-8-12(22)18-11-6-4-3-5-7-11/h11H,3-8H2,1-2H3,(H,18,22)(H,19,20,23). The summed E-state index contributed by atoms with van der Waals surface area (Å²) in [5, 5.41) is 3.92. The van der Waals surface area contributed by atoms with E-state index in [9.17, 15) is 14.4 Å². The second-order valence-electron chi connectivity index (χ2n) is 6.35. The van der Waals surface area contributed by atoms with Crippen LogP contribution in [0.3, 0.4) is 0 Å². The van der Waals surface area contributed by atoms with Crippen LogP contribution in [-0.4, -0.2) is 33.5 Å². The van der Waals surface area contributed by atoms with Gasteiger partial charge in [-0.2, -0.15) is 0 Å². The number of aryl methyl sites for hydroxylation is 1. The largest absolute Gasteiger partial charge is 0.353 e. The fraction of sp³-hybridized carbons (Fsp3) is 0.529. The smallest absolute Gasteiger partial charge is 0.260 e. The van der Waals surface area contributed by atoms with Crippen LogP contribution >= 0.6 is 23.1 Å². The maximum atomic E-state index is 12.3. The van der Waals surface area contributed by atoms with E-state index in [1.165, 1.54) is 49.3 Å². The molecule has 0 aliphatic heterocycles. The zero-order chi connectivity index (χ0) is 18.0. The van der Waals surface area contributed by atoms with Gasteiger partial charge in [0.1, 0.15) is 4.83 Å². The van der Waals surface area contributed by atoms with Gasteiger partial charge >= 0.3 is 0 Å². The highest BCUT2D eigenvalue weighted by Crippen LogP contribution is 2.28. The van der Waals surface area contributed by atoms with Crippen LogP contribution in [0.2, 0.25) is 0 Å². The first kappa shape index (κ1) is 18.1. The third kappa shape index (κ3) is 4.12. The van der Waals surface area contributed by atoms with Crippen LogP contribution in [0.25, 0.3) is 10.2 Å². The normalized spacial score (nSPS) is 15.4. The van der Waals surface area contributed by atoms with Gasteiger partial charge in [0.05, 0.1) is 16.0 Å². The van der Waals surface area contributed by atoms with E-state index in [0.717, 1.165) is 12.8 Å². The van der Waals surface area contributed by atoms with Crippen molar-refractivity contribution in [3.63, 3.8) is 0 Å². The van der Waals surface area contributed by atoms with Crippen LogP contribution in [0.15, 0.2) is 9.95 Å². The number of aromatic amines is 1. The highest BCUT2D eigenvalue weighted by Gasteiger charge is 2.18. The van der Waals surface area contributed by atoms with Crippen molar-refractivity contribution in [3.8, 4) is 0 Å². The Bertz CT molecular complexity index is 866. The Balaban J connectivity index is 1.70. The number of nitrogens with zero attached hydrogens (tertiary/aromatic N) is 1. The molecule has 0 bridgehead atoms. The Morgan fingerprint density at radius 3 is 2.72 bits per heavy atom. The van der Waals surface area contributed by atoms with Gasteiger partial charge < -0.3 is 10.3 Å². The molecule has 0 saturated heterocycles. The molecule has 2 aromatic rings. The summed E-state index contributed by atoms with van der Waals surface area (Å²) in [4.78, 5) is 44.3. The van der Waals surface area contributed by atoms with Gasteiger partial charge in [0.25, 0.3) is 5.56 Å². The van der Waals surface area contributed by atoms with Gasteiger partial charge in [-0.25, -0.2) is 4.98 Å². The molecule has 8 heteroatoms. The summed E-state index contributed by atoms with van der Waals surface area (Å²) in [6.45, 7) is 3.24.